The molecule has 2 aromatic rings. The summed E-state index contributed by atoms with van der Waals surface area (Å²) in [6.45, 7) is 16.2. The van der Waals surface area contributed by atoms with Crippen LogP contribution in [-0.2, 0) is 43.0 Å². The molecule has 5 aliphatic rings. The molecule has 0 aromatic carbocycles. The number of piperidine rings is 2. The van der Waals surface area contributed by atoms with Crippen LogP contribution in [0.5, 0.6) is 0 Å². The molecule has 4 saturated heterocycles. The lowest BCUT2D eigenvalue weighted by Gasteiger charge is -2.35. The van der Waals surface area contributed by atoms with Crippen LogP contribution >= 0.6 is 12.4 Å². The highest BCUT2D eigenvalue weighted by molar-refractivity contribution is 6.22. The van der Waals surface area contributed by atoms with Crippen molar-refractivity contribution in [2.45, 2.75) is 104 Å². The van der Waals surface area contributed by atoms with Crippen LogP contribution in [0.15, 0.2) is 12.4 Å². The van der Waals surface area contributed by atoms with Gasteiger partial charge in [0.15, 0.2) is 5.69 Å². The largest absolute Gasteiger partial charge is 0.478 e. The van der Waals surface area contributed by atoms with E-state index in [2.05, 4.69) is 35.3 Å². The second-order valence-electron chi connectivity index (χ2n) is 18.5. The minimum Gasteiger partial charge on any atom is -0.478 e. The predicted octanol–water partition coefficient (Wildman–Crippen LogP) is 0.133. The van der Waals surface area contributed by atoms with Gasteiger partial charge in [-0.25, -0.2) is 39.1 Å². The van der Waals surface area contributed by atoms with Gasteiger partial charge in [-0.1, -0.05) is 0 Å². The summed E-state index contributed by atoms with van der Waals surface area (Å²) < 4.78 is 14.7. The first kappa shape index (κ1) is 60.4. The second kappa shape index (κ2) is 25.6. The number of carbonyl (C=O) groups is 12. The number of esters is 2. The fourth-order valence-corrected chi connectivity index (χ4v) is 6.98. The van der Waals surface area contributed by atoms with Gasteiger partial charge in [-0.2, -0.15) is 0 Å². The van der Waals surface area contributed by atoms with Crippen molar-refractivity contribution in [2.24, 2.45) is 5.73 Å². The highest BCUT2D eigenvalue weighted by atomic mass is 35.5. The molecule has 4 fully saturated rings. The Bertz CT molecular complexity index is 2520. The molecule has 30 heteroatoms. The Morgan fingerprint density at radius 2 is 1.08 bits per heavy atom. The van der Waals surface area contributed by atoms with Gasteiger partial charge < -0.3 is 49.8 Å². The smallest absolute Gasteiger partial charge is 0.410 e. The standard InChI is InChI=1S/C20H24N6O6.C15H20N4O6.C5H8N2O2.C4H6O3.ClH/c1-20(2,3)32-19(31)25-8-6-24(7-9-25)18-21-10-11-14(23-18)17(30)26(16(11)29)12-4-5-13(27)22-15(12)28;1-15(2,3)25-14(24)19-6-4-18(5-7-19)13-16-8-9(11(20)21)10(17-13)12(22)23;6-3-1-2-4(8)7-5(3)9;1-3(5)7-4(2)6;/h10,12H,4-9H2,1-3H3,(H,22,27,28);8H,4-7H2,1-3H3,(H,20,21)(H,22,23);3H,1-2,6H2,(H,7,8,9);1-2H3;1H. The van der Waals surface area contributed by atoms with Gasteiger partial charge in [-0.05, 0) is 54.4 Å². The topological polar surface area (TPSA) is 391 Å². The molecule has 74 heavy (non-hydrogen) atoms. The van der Waals surface area contributed by atoms with Gasteiger partial charge in [-0.3, -0.25) is 53.9 Å². The van der Waals surface area contributed by atoms with Gasteiger partial charge in [0, 0.05) is 91.4 Å². The van der Waals surface area contributed by atoms with Crippen molar-refractivity contribution in [3.63, 3.8) is 0 Å². The summed E-state index contributed by atoms with van der Waals surface area (Å²) >= 11 is 0. The maximum atomic E-state index is 12.9. The molecule has 5 aliphatic heterocycles. The van der Waals surface area contributed by atoms with Crippen LogP contribution < -0.4 is 26.2 Å². The number of imide groups is 3. The number of rotatable bonds is 5. The number of nitrogens with zero attached hydrogens (tertiary/aromatic N) is 9. The van der Waals surface area contributed by atoms with Crippen molar-refractivity contribution in [3.05, 3.63) is 34.9 Å². The molecular weight excluding hydrogens is 1000 g/mol. The van der Waals surface area contributed by atoms with Gasteiger partial charge in [0.1, 0.15) is 28.5 Å². The lowest BCUT2D eigenvalue weighted by atomic mass is 10.0. The number of ether oxygens (including phenoxy) is 3. The number of carbonyl (C=O) groups excluding carboxylic acids is 10. The van der Waals surface area contributed by atoms with Gasteiger partial charge in [0.2, 0.25) is 35.5 Å². The lowest BCUT2D eigenvalue weighted by molar-refractivity contribution is -0.156. The first-order valence-electron chi connectivity index (χ1n) is 22.6. The third-order valence-corrected chi connectivity index (χ3v) is 10.4. The average molecular weight is 1060 g/mol. The van der Waals surface area contributed by atoms with E-state index in [1.165, 1.54) is 20.0 Å². The molecular formula is C44H59ClN12O17. The predicted molar refractivity (Wildman–Crippen MR) is 255 cm³/mol. The number of nitrogens with one attached hydrogen (secondary N) is 2. The fraction of sp³-hybridized carbons (Fsp3) is 0.545. The van der Waals surface area contributed by atoms with Gasteiger partial charge in [0.05, 0.1) is 11.6 Å². The fourth-order valence-electron chi connectivity index (χ4n) is 6.98. The van der Waals surface area contributed by atoms with Crippen LogP contribution in [0, 0.1) is 0 Å². The zero-order valence-electron chi connectivity index (χ0n) is 41.8. The first-order valence-corrected chi connectivity index (χ1v) is 22.6. The van der Waals surface area contributed by atoms with Crippen molar-refractivity contribution in [1.82, 2.24) is 45.3 Å². The minimum absolute atomic E-state index is 0. The summed E-state index contributed by atoms with van der Waals surface area (Å²) in [4.78, 5) is 160. The van der Waals surface area contributed by atoms with Crippen molar-refractivity contribution in [3.8, 4) is 0 Å². The summed E-state index contributed by atoms with van der Waals surface area (Å²) in [5, 5.41) is 22.4. The Hall–Kier alpha value is -7.95. The summed E-state index contributed by atoms with van der Waals surface area (Å²) in [7, 11) is 0. The van der Waals surface area contributed by atoms with E-state index < -0.39 is 94.2 Å². The average Bonchev–Trinajstić information content (AvgIpc) is 3.54. The third-order valence-electron chi connectivity index (χ3n) is 10.4. The zero-order valence-corrected chi connectivity index (χ0v) is 42.6. The zero-order chi connectivity index (χ0) is 54.7. The van der Waals surface area contributed by atoms with Gasteiger partial charge >= 0.3 is 36.1 Å². The Labute approximate surface area is 429 Å². The summed E-state index contributed by atoms with van der Waals surface area (Å²) in [6.07, 6.45) is 2.41. The monoisotopic (exact) mass is 1060 g/mol. The maximum Gasteiger partial charge on any atom is 0.410 e. The Balaban J connectivity index is 0.000000302. The number of fused-ring (bicyclic) bond motifs is 1. The molecule has 7 rings (SSSR count). The van der Waals surface area contributed by atoms with Crippen molar-refractivity contribution < 1.29 is 82.0 Å². The van der Waals surface area contributed by atoms with Gasteiger partial charge in [0.25, 0.3) is 11.8 Å². The number of aromatic carboxylic acids is 2. The third kappa shape index (κ3) is 17.1. The van der Waals surface area contributed by atoms with E-state index in [1.54, 1.807) is 56.2 Å². The number of carboxylic acid groups (broad SMARTS) is 2. The molecule has 0 saturated carbocycles. The Morgan fingerprint density at radius 1 is 0.635 bits per heavy atom. The van der Waals surface area contributed by atoms with Crippen LogP contribution in [0.1, 0.15) is 123 Å². The number of amides is 8. The van der Waals surface area contributed by atoms with Crippen LogP contribution in [0.25, 0.3) is 0 Å². The van der Waals surface area contributed by atoms with Crippen molar-refractivity contribution in [2.75, 3.05) is 62.2 Å². The molecule has 2 atom stereocenters. The molecule has 0 spiro atoms. The number of piperazine rings is 2. The summed E-state index contributed by atoms with van der Waals surface area (Å²) in [5.41, 5.74) is 3.03. The highest BCUT2D eigenvalue weighted by Crippen LogP contribution is 2.28. The molecule has 0 aliphatic carbocycles. The number of nitrogens with two attached hydrogens (primary N) is 1. The molecule has 29 nitrogen and oxygen atoms in total. The van der Waals surface area contributed by atoms with Crippen molar-refractivity contribution >= 4 is 95.8 Å². The summed E-state index contributed by atoms with van der Waals surface area (Å²) in [6, 6.07) is -1.54. The SMILES string of the molecule is CC(=O)OC(C)=O.CC(C)(C)OC(=O)N1CCN(c2ncc(C(=O)O)c(C(=O)O)n2)CC1.CC(C)(C)OC(=O)N1CCN(c2ncc3c(n2)C(=O)N(C2CCC(=O)NC2=O)C3=O)CC1.Cl.NC1CCC(=O)NC1=O. The molecule has 404 valence electrons. The molecule has 7 heterocycles. The Kier molecular flexibility index (Phi) is 20.9. The highest BCUT2D eigenvalue weighted by Gasteiger charge is 2.46. The normalized spacial score (nSPS) is 18.5. The Morgan fingerprint density at radius 3 is 1.47 bits per heavy atom. The van der Waals surface area contributed by atoms with E-state index in [9.17, 15) is 57.5 Å². The molecule has 2 aromatic heterocycles. The lowest BCUT2D eigenvalue weighted by Crippen LogP contribution is -2.54. The number of hydrogen-bond donors (Lipinski definition) is 5. The van der Waals surface area contributed by atoms with Gasteiger partial charge in [-0.15, -0.1) is 12.4 Å². The summed E-state index contributed by atoms with van der Waals surface area (Å²) in [5.74, 6) is -6.61. The van der Waals surface area contributed by atoms with E-state index in [4.69, 9.17) is 25.4 Å². The number of hydrogen-bond acceptors (Lipinski definition) is 22. The molecule has 0 radical (unpaired) electrons. The van der Waals surface area contributed by atoms with E-state index in [0.717, 1.165) is 11.1 Å². The van der Waals surface area contributed by atoms with E-state index >= 15 is 0 Å². The number of aromatic nitrogens is 4. The van der Waals surface area contributed by atoms with Crippen LogP contribution in [0.2, 0.25) is 0 Å². The molecule has 6 N–H and O–H groups in total. The number of anilines is 2. The van der Waals surface area contributed by atoms with Crippen LogP contribution in [0.4, 0.5) is 21.5 Å². The first-order chi connectivity index (χ1) is 34.0. The molecule has 2 unspecified atom stereocenters. The minimum atomic E-state index is -1.44. The molecule has 0 bridgehead atoms. The van der Waals surface area contributed by atoms with Crippen LogP contribution in [-0.4, -0.2) is 192 Å². The van der Waals surface area contributed by atoms with Crippen LogP contribution in [0.3, 0.4) is 0 Å². The maximum absolute atomic E-state index is 12.9. The van der Waals surface area contributed by atoms with E-state index in [-0.39, 0.29) is 60.2 Å². The number of carboxylic acids is 2. The van der Waals surface area contributed by atoms with Crippen molar-refractivity contribution in [1.29, 1.82) is 0 Å². The number of halogens is 1. The second-order valence-corrected chi connectivity index (χ2v) is 18.5. The van der Waals surface area contributed by atoms with E-state index in [1.807, 2.05) is 4.90 Å². The molecule has 8 amide bonds. The van der Waals surface area contributed by atoms with E-state index in [0.29, 0.717) is 65.2 Å². The quantitative estimate of drug-likeness (QED) is 0.115.